The molecule has 2 unspecified atom stereocenters. The molecular formula is C10H23NO2. The predicted octanol–water partition coefficient (Wildman–Crippen LogP) is 0.898. The second-order valence-electron chi connectivity index (χ2n) is 4.00. The van der Waals surface area contributed by atoms with Gasteiger partial charge in [0.05, 0.1) is 5.60 Å². The first-order valence-corrected chi connectivity index (χ1v) is 5.08. The monoisotopic (exact) mass is 189 g/mol. The molecule has 0 amide bonds. The smallest absolute Gasteiger partial charge is 0.0741 e. The number of hydrogen-bond acceptors (Lipinski definition) is 3. The van der Waals surface area contributed by atoms with Gasteiger partial charge in [-0.05, 0) is 33.1 Å². The van der Waals surface area contributed by atoms with E-state index in [1.807, 2.05) is 13.8 Å². The summed E-state index contributed by atoms with van der Waals surface area (Å²) < 4.78 is 0. The van der Waals surface area contributed by atoms with Gasteiger partial charge in [-0.1, -0.05) is 6.92 Å². The fourth-order valence-corrected chi connectivity index (χ4v) is 1.02. The molecule has 0 fully saturated rings. The summed E-state index contributed by atoms with van der Waals surface area (Å²) in [7, 11) is 0. The third-order valence-electron chi connectivity index (χ3n) is 2.39. The lowest BCUT2D eigenvalue weighted by atomic mass is 10.0. The molecule has 0 saturated heterocycles. The molecule has 13 heavy (non-hydrogen) atoms. The maximum absolute atomic E-state index is 9.69. The van der Waals surface area contributed by atoms with Crippen molar-refractivity contribution in [3.63, 3.8) is 0 Å². The zero-order valence-corrected chi connectivity index (χ0v) is 9.01. The summed E-state index contributed by atoms with van der Waals surface area (Å²) in [5.74, 6) is 0. The number of rotatable bonds is 7. The molecule has 0 radical (unpaired) electrons. The molecule has 0 rings (SSSR count). The molecule has 0 aromatic carbocycles. The summed E-state index contributed by atoms with van der Waals surface area (Å²) in [6, 6.07) is 0.366. The van der Waals surface area contributed by atoms with E-state index in [1.165, 1.54) is 0 Å². The van der Waals surface area contributed by atoms with Crippen LogP contribution in [0.2, 0.25) is 0 Å². The molecule has 3 nitrogen and oxygen atoms in total. The maximum atomic E-state index is 9.69. The topological polar surface area (TPSA) is 52.5 Å². The normalized spacial score (nSPS) is 18.2. The molecule has 0 bridgehead atoms. The molecule has 0 aliphatic rings. The van der Waals surface area contributed by atoms with E-state index in [-0.39, 0.29) is 6.61 Å². The summed E-state index contributed by atoms with van der Waals surface area (Å²) >= 11 is 0. The van der Waals surface area contributed by atoms with Crippen molar-refractivity contribution in [2.45, 2.75) is 51.7 Å². The summed E-state index contributed by atoms with van der Waals surface area (Å²) in [5, 5.41) is 21.5. The molecule has 0 aromatic rings. The van der Waals surface area contributed by atoms with Crippen LogP contribution in [0.1, 0.15) is 40.0 Å². The van der Waals surface area contributed by atoms with Gasteiger partial charge in [0.1, 0.15) is 0 Å². The highest BCUT2D eigenvalue weighted by Crippen LogP contribution is 2.07. The highest BCUT2D eigenvalue weighted by Gasteiger charge is 2.17. The van der Waals surface area contributed by atoms with Crippen molar-refractivity contribution < 1.29 is 10.2 Å². The molecule has 0 aliphatic carbocycles. The zero-order chi connectivity index (χ0) is 10.3. The minimum Gasteiger partial charge on any atom is -0.396 e. The first-order valence-electron chi connectivity index (χ1n) is 5.08. The van der Waals surface area contributed by atoms with Crippen molar-refractivity contribution in [3.05, 3.63) is 0 Å². The lowest BCUT2D eigenvalue weighted by molar-refractivity contribution is 0.0529. The van der Waals surface area contributed by atoms with Gasteiger partial charge in [-0.3, -0.25) is 0 Å². The van der Waals surface area contributed by atoms with Crippen LogP contribution in [0, 0.1) is 0 Å². The largest absolute Gasteiger partial charge is 0.396 e. The fraction of sp³-hybridized carbons (Fsp3) is 1.00. The van der Waals surface area contributed by atoms with Gasteiger partial charge < -0.3 is 15.5 Å². The summed E-state index contributed by atoms with van der Waals surface area (Å²) in [5.41, 5.74) is -0.604. The fourth-order valence-electron chi connectivity index (χ4n) is 1.02. The van der Waals surface area contributed by atoms with Crippen LogP contribution in [0.3, 0.4) is 0 Å². The minimum atomic E-state index is -0.604. The molecule has 0 spiro atoms. The van der Waals surface area contributed by atoms with Gasteiger partial charge in [0, 0.05) is 19.2 Å². The third-order valence-corrected chi connectivity index (χ3v) is 2.39. The summed E-state index contributed by atoms with van der Waals surface area (Å²) in [6.07, 6.45) is 2.53. The molecule has 0 saturated carbocycles. The van der Waals surface area contributed by atoms with Crippen molar-refractivity contribution in [1.82, 2.24) is 5.32 Å². The lowest BCUT2D eigenvalue weighted by Gasteiger charge is -2.24. The molecule has 0 heterocycles. The number of hydrogen-bond donors (Lipinski definition) is 3. The van der Waals surface area contributed by atoms with Crippen LogP contribution in [0.15, 0.2) is 0 Å². The van der Waals surface area contributed by atoms with E-state index < -0.39 is 5.60 Å². The summed E-state index contributed by atoms with van der Waals surface area (Å²) in [6.45, 7) is 6.74. The maximum Gasteiger partial charge on any atom is 0.0741 e. The van der Waals surface area contributed by atoms with Crippen molar-refractivity contribution in [3.8, 4) is 0 Å². The van der Waals surface area contributed by atoms with Crippen molar-refractivity contribution in [2.75, 3.05) is 13.2 Å². The van der Waals surface area contributed by atoms with Gasteiger partial charge in [0.15, 0.2) is 0 Å². The van der Waals surface area contributed by atoms with Crippen LogP contribution in [0.4, 0.5) is 0 Å². The number of aliphatic hydroxyl groups is 2. The Kier molecular flexibility index (Phi) is 6.29. The number of nitrogens with one attached hydrogen (secondary N) is 1. The van der Waals surface area contributed by atoms with Gasteiger partial charge >= 0.3 is 0 Å². The van der Waals surface area contributed by atoms with E-state index in [0.717, 1.165) is 19.3 Å². The Bertz CT molecular complexity index is 126. The van der Waals surface area contributed by atoms with Crippen LogP contribution in [-0.4, -0.2) is 35.0 Å². The second-order valence-corrected chi connectivity index (χ2v) is 4.00. The Hall–Kier alpha value is -0.120. The van der Waals surface area contributed by atoms with E-state index in [9.17, 15) is 5.11 Å². The number of aliphatic hydroxyl groups excluding tert-OH is 1. The quantitative estimate of drug-likeness (QED) is 0.557. The van der Waals surface area contributed by atoms with Crippen LogP contribution in [0.25, 0.3) is 0 Å². The van der Waals surface area contributed by atoms with E-state index in [2.05, 4.69) is 12.2 Å². The van der Waals surface area contributed by atoms with E-state index in [0.29, 0.717) is 12.6 Å². The average molecular weight is 189 g/mol. The zero-order valence-electron chi connectivity index (χ0n) is 9.01. The van der Waals surface area contributed by atoms with E-state index in [1.54, 1.807) is 0 Å². The van der Waals surface area contributed by atoms with Crippen molar-refractivity contribution in [2.24, 2.45) is 0 Å². The molecule has 0 aliphatic heterocycles. The molecule has 3 N–H and O–H groups in total. The molecule has 0 aromatic heterocycles. The van der Waals surface area contributed by atoms with Gasteiger partial charge in [0.2, 0.25) is 0 Å². The first kappa shape index (κ1) is 12.9. The average Bonchev–Trinajstić information content (AvgIpc) is 2.11. The Morgan fingerprint density at radius 2 is 2.08 bits per heavy atom. The molecule has 2 atom stereocenters. The third kappa shape index (κ3) is 6.99. The Labute approximate surface area is 81.2 Å². The molecule has 3 heteroatoms. The Morgan fingerprint density at radius 1 is 1.46 bits per heavy atom. The van der Waals surface area contributed by atoms with Gasteiger partial charge in [-0.25, -0.2) is 0 Å². The van der Waals surface area contributed by atoms with E-state index in [4.69, 9.17) is 5.11 Å². The minimum absolute atomic E-state index is 0.246. The second kappa shape index (κ2) is 6.35. The van der Waals surface area contributed by atoms with Gasteiger partial charge in [-0.15, -0.1) is 0 Å². The van der Waals surface area contributed by atoms with Crippen LogP contribution < -0.4 is 5.32 Å². The Balaban J connectivity index is 3.51. The van der Waals surface area contributed by atoms with Gasteiger partial charge in [-0.2, -0.15) is 0 Å². The standard InChI is InChI=1S/C10H23NO2/c1-4-10(3,13)8-11-9(2)6-5-7-12/h9,11-13H,4-8H2,1-3H3. The highest BCUT2D eigenvalue weighted by molar-refractivity contribution is 4.75. The predicted molar refractivity (Wildman–Crippen MR) is 54.7 cm³/mol. The molecule has 80 valence electrons. The molecular weight excluding hydrogens is 166 g/mol. The first-order chi connectivity index (χ1) is 6.02. The van der Waals surface area contributed by atoms with Crippen LogP contribution >= 0.6 is 0 Å². The van der Waals surface area contributed by atoms with Gasteiger partial charge in [0.25, 0.3) is 0 Å². The lowest BCUT2D eigenvalue weighted by Crippen LogP contribution is -2.41. The van der Waals surface area contributed by atoms with Crippen LogP contribution in [0.5, 0.6) is 0 Å². The van der Waals surface area contributed by atoms with E-state index >= 15 is 0 Å². The summed E-state index contributed by atoms with van der Waals surface area (Å²) in [4.78, 5) is 0. The van der Waals surface area contributed by atoms with Crippen molar-refractivity contribution in [1.29, 1.82) is 0 Å². The van der Waals surface area contributed by atoms with Crippen molar-refractivity contribution >= 4 is 0 Å². The highest BCUT2D eigenvalue weighted by atomic mass is 16.3. The van der Waals surface area contributed by atoms with Crippen LogP contribution in [-0.2, 0) is 0 Å². The SMILES string of the molecule is CCC(C)(O)CNC(C)CCCO. The Morgan fingerprint density at radius 3 is 2.54 bits per heavy atom.